The van der Waals surface area contributed by atoms with Gasteiger partial charge in [0.1, 0.15) is 24.5 Å². The number of likely N-dealkylation sites (N-methyl/N-ethyl adjacent to an activating group) is 1. The number of ether oxygens (including phenoxy) is 6. The van der Waals surface area contributed by atoms with Crippen molar-refractivity contribution in [2.45, 2.75) is 93.7 Å². The van der Waals surface area contributed by atoms with E-state index in [0.29, 0.717) is 12.8 Å². The lowest BCUT2D eigenvalue weighted by Crippen LogP contribution is -3.23. The molecule has 3 spiro atoms. The lowest BCUT2D eigenvalue weighted by Gasteiger charge is -2.69. The molecule has 2 saturated heterocycles. The summed E-state index contributed by atoms with van der Waals surface area (Å²) in [6.45, 7) is 7.97. The van der Waals surface area contributed by atoms with Crippen molar-refractivity contribution in [3.05, 3.63) is 0 Å². The monoisotopic (exact) mass is 508 g/mol. The Bertz CT molecular complexity index is 979. The van der Waals surface area contributed by atoms with Crippen molar-refractivity contribution in [3.63, 3.8) is 0 Å². The van der Waals surface area contributed by atoms with Gasteiger partial charge in [0.05, 0.1) is 42.4 Å². The Balaban J connectivity index is 1.61. The van der Waals surface area contributed by atoms with Crippen LogP contribution >= 0.6 is 0 Å². The highest BCUT2D eigenvalue weighted by molar-refractivity contribution is 5.67. The minimum atomic E-state index is -1.14. The Morgan fingerprint density at radius 3 is 2.53 bits per heavy atom. The fraction of sp³-hybridized carbons (Fsp3) is 0.963. The van der Waals surface area contributed by atoms with Crippen molar-refractivity contribution in [3.8, 4) is 0 Å². The molecule has 7 fully saturated rings. The third kappa shape index (κ3) is 2.16. The van der Waals surface area contributed by atoms with Crippen LogP contribution in [0.15, 0.2) is 0 Å². The first kappa shape index (κ1) is 24.2. The molecule has 7 aliphatic rings. The number of carbonyl (C=O) groups is 1. The summed E-state index contributed by atoms with van der Waals surface area (Å²) in [5.41, 5.74) is -3.78. The van der Waals surface area contributed by atoms with Crippen molar-refractivity contribution < 1.29 is 43.2 Å². The zero-order valence-electron chi connectivity index (χ0n) is 22.4. The van der Waals surface area contributed by atoms with E-state index in [2.05, 4.69) is 13.8 Å². The molecule has 0 radical (unpaired) electrons. The summed E-state index contributed by atoms with van der Waals surface area (Å²) in [6, 6.07) is -0.140. The molecule has 202 valence electrons. The number of methoxy groups -OCH3 is 3. The second-order valence-electron chi connectivity index (χ2n) is 13.0. The molecule has 7 bridgehead atoms. The van der Waals surface area contributed by atoms with E-state index in [0.717, 1.165) is 25.9 Å². The Morgan fingerprint density at radius 1 is 1.11 bits per heavy atom. The predicted octanol–water partition coefficient (Wildman–Crippen LogP) is -0.0672. The van der Waals surface area contributed by atoms with Gasteiger partial charge in [-0.3, -0.25) is 4.79 Å². The fourth-order valence-corrected chi connectivity index (χ4v) is 12.0. The highest BCUT2D eigenvalue weighted by atomic mass is 16.7. The van der Waals surface area contributed by atoms with E-state index in [9.17, 15) is 9.90 Å². The fourth-order valence-electron chi connectivity index (χ4n) is 12.0. The van der Waals surface area contributed by atoms with Crippen LogP contribution in [0, 0.1) is 28.6 Å². The number of hydrogen-bond acceptors (Lipinski definition) is 8. The number of carbonyl (C=O) groups excluding carboxylic acids is 1. The molecule has 7 rings (SSSR count). The minimum absolute atomic E-state index is 0.0410. The summed E-state index contributed by atoms with van der Waals surface area (Å²) in [6.07, 6.45) is 1.81. The van der Waals surface area contributed by atoms with Crippen molar-refractivity contribution in [1.29, 1.82) is 0 Å². The van der Waals surface area contributed by atoms with Crippen LogP contribution in [0.2, 0.25) is 0 Å². The van der Waals surface area contributed by atoms with Crippen LogP contribution in [0.1, 0.15) is 46.5 Å². The SMILES string of the molecule is CC[NH+]1CC2(C)CCC(OC)C34C2C(OC(C)=O)C2(OCOC25CC(OC)C2CC3(O)C5C2OC)C14. The summed E-state index contributed by atoms with van der Waals surface area (Å²) in [5.74, 6) is -0.719. The van der Waals surface area contributed by atoms with Gasteiger partial charge in [0.15, 0.2) is 5.60 Å². The van der Waals surface area contributed by atoms with Gasteiger partial charge < -0.3 is 38.4 Å². The molecular weight excluding hydrogens is 466 g/mol. The van der Waals surface area contributed by atoms with E-state index in [1.807, 2.05) is 0 Å². The lowest BCUT2D eigenvalue weighted by atomic mass is 9.41. The summed E-state index contributed by atoms with van der Waals surface area (Å²) in [4.78, 5) is 14.2. The van der Waals surface area contributed by atoms with Crippen LogP contribution in [0.5, 0.6) is 0 Å². The maximum atomic E-state index is 13.4. The van der Waals surface area contributed by atoms with Gasteiger partial charge in [-0.1, -0.05) is 6.92 Å². The number of quaternary nitrogens is 1. The second kappa shape index (κ2) is 7.23. The summed E-state index contributed by atoms with van der Waals surface area (Å²) in [5, 5.41) is 13.4. The molecule has 0 amide bonds. The van der Waals surface area contributed by atoms with E-state index in [1.54, 1.807) is 21.3 Å². The van der Waals surface area contributed by atoms with Gasteiger partial charge in [-0.05, 0) is 26.2 Å². The Hall–Kier alpha value is -0.810. The summed E-state index contributed by atoms with van der Waals surface area (Å²) < 4.78 is 38.8. The van der Waals surface area contributed by atoms with Gasteiger partial charge in [-0.25, -0.2) is 0 Å². The number of likely N-dealkylation sites (tertiary alicyclic amines) is 1. The quantitative estimate of drug-likeness (QED) is 0.499. The molecular formula is C27H42NO8+. The number of rotatable bonds is 5. The van der Waals surface area contributed by atoms with E-state index >= 15 is 0 Å². The van der Waals surface area contributed by atoms with Gasteiger partial charge in [0.2, 0.25) is 0 Å². The van der Waals surface area contributed by atoms with Crippen LogP contribution in [0.3, 0.4) is 0 Å². The first-order valence-electron chi connectivity index (χ1n) is 13.8. The van der Waals surface area contributed by atoms with Crippen LogP contribution in [-0.2, 0) is 33.2 Å². The van der Waals surface area contributed by atoms with Gasteiger partial charge >= 0.3 is 5.97 Å². The van der Waals surface area contributed by atoms with Gasteiger partial charge in [-0.2, -0.15) is 0 Å². The molecule has 9 heteroatoms. The molecule has 9 nitrogen and oxygen atoms in total. The van der Waals surface area contributed by atoms with Gasteiger partial charge in [0, 0.05) is 57.8 Å². The van der Waals surface area contributed by atoms with Crippen molar-refractivity contribution in [2.24, 2.45) is 28.6 Å². The van der Waals surface area contributed by atoms with Crippen LogP contribution < -0.4 is 4.90 Å². The molecule has 14 atom stereocenters. The average Bonchev–Trinajstić information content (AvgIpc) is 3.40. The molecule has 0 aromatic carbocycles. The standard InChI is InChI=1S/C27H41NO8/c1-7-28-12-23(3)9-8-17(32-5)26-20(23)21(36-14(2)29)27(22(26)28)25(34-13-35-27)11-16(31-4)15-10-24(26,30)19(25)18(15)33-6/h15-22,30H,7-13H2,1-6H3/p+1. The van der Waals surface area contributed by atoms with E-state index in [1.165, 1.54) is 11.8 Å². The van der Waals surface area contributed by atoms with Crippen molar-refractivity contribution >= 4 is 5.97 Å². The number of piperidine rings is 1. The molecule has 5 saturated carbocycles. The predicted molar refractivity (Wildman–Crippen MR) is 125 cm³/mol. The van der Waals surface area contributed by atoms with Crippen molar-refractivity contribution in [2.75, 3.05) is 41.2 Å². The normalized spacial score (nSPS) is 61.7. The Morgan fingerprint density at radius 2 is 1.89 bits per heavy atom. The van der Waals surface area contributed by atoms with E-state index in [-0.39, 0.29) is 60.3 Å². The molecule has 0 aromatic heterocycles. The Labute approximate surface area is 213 Å². The van der Waals surface area contributed by atoms with Gasteiger partial charge in [0.25, 0.3) is 0 Å². The minimum Gasteiger partial charge on any atom is -0.459 e. The van der Waals surface area contributed by atoms with Gasteiger partial charge in [-0.15, -0.1) is 0 Å². The maximum Gasteiger partial charge on any atom is 0.303 e. The van der Waals surface area contributed by atoms with E-state index < -0.39 is 28.3 Å². The molecule has 2 N–H and O–H groups in total. The number of nitrogens with one attached hydrogen (secondary N) is 1. The van der Waals surface area contributed by atoms with Crippen LogP contribution in [-0.4, -0.2) is 99.5 Å². The van der Waals surface area contributed by atoms with Crippen molar-refractivity contribution in [1.82, 2.24) is 0 Å². The number of fused-ring (bicyclic) bond motifs is 1. The average molecular weight is 509 g/mol. The third-order valence-electron chi connectivity index (χ3n) is 12.4. The van der Waals surface area contributed by atoms with E-state index in [4.69, 9.17) is 28.4 Å². The first-order chi connectivity index (χ1) is 17.2. The first-order valence-corrected chi connectivity index (χ1v) is 13.8. The number of esters is 1. The largest absolute Gasteiger partial charge is 0.459 e. The Kier molecular flexibility index (Phi) is 4.87. The molecule has 2 aliphatic heterocycles. The summed E-state index contributed by atoms with van der Waals surface area (Å²) in [7, 11) is 5.25. The van der Waals surface area contributed by atoms with Crippen LogP contribution in [0.25, 0.3) is 0 Å². The molecule has 14 unspecified atom stereocenters. The highest BCUT2D eigenvalue weighted by Gasteiger charge is 2.99. The zero-order chi connectivity index (χ0) is 25.5. The maximum absolute atomic E-state index is 13.4. The second-order valence-corrected chi connectivity index (χ2v) is 13.0. The number of aliphatic hydroxyl groups is 1. The highest BCUT2D eigenvalue weighted by Crippen LogP contribution is 2.81. The molecule has 2 heterocycles. The lowest BCUT2D eigenvalue weighted by molar-refractivity contribution is -0.956. The molecule has 5 aliphatic carbocycles. The molecule has 0 aromatic rings. The topological polar surface area (TPSA) is 97.1 Å². The zero-order valence-corrected chi connectivity index (χ0v) is 22.4. The smallest absolute Gasteiger partial charge is 0.303 e. The van der Waals surface area contributed by atoms with Crippen LogP contribution in [0.4, 0.5) is 0 Å². The third-order valence-corrected chi connectivity index (χ3v) is 12.4. The number of hydrogen-bond donors (Lipinski definition) is 2. The summed E-state index contributed by atoms with van der Waals surface area (Å²) >= 11 is 0. The molecule has 36 heavy (non-hydrogen) atoms.